The number of nitrogens with one attached hydrogen (secondary N) is 1. The highest BCUT2D eigenvalue weighted by molar-refractivity contribution is 5.82. The van der Waals surface area contributed by atoms with Crippen LogP contribution in [0.5, 0.6) is 0 Å². The van der Waals surface area contributed by atoms with E-state index >= 15 is 0 Å². The van der Waals surface area contributed by atoms with Crippen LogP contribution in [0, 0.1) is 5.41 Å². The summed E-state index contributed by atoms with van der Waals surface area (Å²) in [6.45, 7) is 0.105. The van der Waals surface area contributed by atoms with Gasteiger partial charge in [0.2, 0.25) is 0 Å². The molecule has 3 N–H and O–H groups in total. The van der Waals surface area contributed by atoms with Crippen LogP contribution in [-0.2, 0) is 4.79 Å². The number of nitrogens with two attached hydrogens (primary N) is 1. The first kappa shape index (κ1) is 7.30. The Balaban J connectivity index is 3.11. The second kappa shape index (κ2) is 4.46. The first-order valence-electron chi connectivity index (χ1n) is 2.52. The van der Waals surface area contributed by atoms with Crippen molar-refractivity contribution in [2.45, 2.75) is 12.8 Å². The molecule has 0 fully saturated rings. The van der Waals surface area contributed by atoms with Gasteiger partial charge >= 0.3 is 0 Å². The van der Waals surface area contributed by atoms with Crippen molar-refractivity contribution in [2.75, 3.05) is 6.54 Å². The molecule has 0 rings (SSSR count). The van der Waals surface area contributed by atoms with Gasteiger partial charge < -0.3 is 11.1 Å². The standard InChI is InChI=1S/C5H10N2O/c6-3-1-2-5(8)4-7/h3,6H,1-2,4,7H2. The van der Waals surface area contributed by atoms with Gasteiger partial charge in [0.1, 0.15) is 5.78 Å². The average Bonchev–Trinajstić information content (AvgIpc) is 1.83. The molecule has 0 spiro atoms. The molecule has 3 heteroatoms. The smallest absolute Gasteiger partial charge is 0.146 e. The van der Waals surface area contributed by atoms with Crippen molar-refractivity contribution in [1.82, 2.24) is 0 Å². The molecule has 0 radical (unpaired) electrons. The lowest BCUT2D eigenvalue weighted by Crippen LogP contribution is -2.12. The third kappa shape index (κ3) is 3.49. The van der Waals surface area contributed by atoms with Crippen LogP contribution in [0.1, 0.15) is 12.8 Å². The number of carbonyl (C=O) groups excluding carboxylic acids is 1. The Morgan fingerprint density at radius 2 is 2.38 bits per heavy atom. The molecule has 0 atom stereocenters. The van der Waals surface area contributed by atoms with Gasteiger partial charge in [0.15, 0.2) is 0 Å². The van der Waals surface area contributed by atoms with Crippen LogP contribution in [0.4, 0.5) is 0 Å². The summed E-state index contributed by atoms with van der Waals surface area (Å²) in [5, 5.41) is 6.55. The van der Waals surface area contributed by atoms with Crippen LogP contribution in [0.3, 0.4) is 0 Å². The van der Waals surface area contributed by atoms with Crippen LogP contribution in [0.15, 0.2) is 0 Å². The van der Waals surface area contributed by atoms with E-state index in [2.05, 4.69) is 0 Å². The summed E-state index contributed by atoms with van der Waals surface area (Å²) in [5.41, 5.74) is 4.99. The van der Waals surface area contributed by atoms with Gasteiger partial charge in [-0.2, -0.15) is 0 Å². The van der Waals surface area contributed by atoms with Crippen molar-refractivity contribution in [3.63, 3.8) is 0 Å². The number of carbonyl (C=O) groups is 1. The van der Waals surface area contributed by atoms with E-state index in [0.717, 1.165) is 0 Å². The molecule has 0 aromatic carbocycles. The quantitative estimate of drug-likeness (QED) is 0.503. The number of ketones is 1. The van der Waals surface area contributed by atoms with Gasteiger partial charge in [0, 0.05) is 6.42 Å². The van der Waals surface area contributed by atoms with E-state index in [0.29, 0.717) is 12.8 Å². The van der Waals surface area contributed by atoms with Crippen molar-refractivity contribution >= 4 is 12.0 Å². The third-order valence-corrected chi connectivity index (χ3v) is 0.795. The monoisotopic (exact) mass is 114 g/mol. The van der Waals surface area contributed by atoms with E-state index in [-0.39, 0.29) is 12.3 Å². The van der Waals surface area contributed by atoms with E-state index in [1.54, 1.807) is 0 Å². The molecule has 3 nitrogen and oxygen atoms in total. The van der Waals surface area contributed by atoms with Crippen molar-refractivity contribution in [2.24, 2.45) is 5.73 Å². The van der Waals surface area contributed by atoms with E-state index in [4.69, 9.17) is 11.1 Å². The number of hydrogen-bond acceptors (Lipinski definition) is 3. The van der Waals surface area contributed by atoms with Gasteiger partial charge in [0.25, 0.3) is 0 Å². The maximum Gasteiger partial charge on any atom is 0.146 e. The predicted molar refractivity (Wildman–Crippen MR) is 32.1 cm³/mol. The molecule has 0 heterocycles. The fourth-order valence-electron chi connectivity index (χ4n) is 0.335. The van der Waals surface area contributed by atoms with Gasteiger partial charge in [-0.3, -0.25) is 4.79 Å². The molecular formula is C5H10N2O. The Kier molecular flexibility index (Phi) is 4.07. The molecule has 0 aliphatic carbocycles. The van der Waals surface area contributed by atoms with E-state index in [1.807, 2.05) is 0 Å². The van der Waals surface area contributed by atoms with Crippen molar-refractivity contribution in [3.8, 4) is 0 Å². The molecule has 46 valence electrons. The molecule has 0 saturated carbocycles. The predicted octanol–water partition coefficient (Wildman–Crippen LogP) is -0.0560. The second-order valence-corrected chi connectivity index (χ2v) is 1.49. The van der Waals surface area contributed by atoms with Crippen molar-refractivity contribution in [1.29, 1.82) is 5.41 Å². The van der Waals surface area contributed by atoms with Crippen LogP contribution < -0.4 is 5.73 Å². The SMILES string of the molecule is N=CCCC(=O)CN. The Morgan fingerprint density at radius 1 is 1.75 bits per heavy atom. The van der Waals surface area contributed by atoms with Crippen molar-refractivity contribution in [3.05, 3.63) is 0 Å². The first-order valence-corrected chi connectivity index (χ1v) is 2.52. The zero-order chi connectivity index (χ0) is 6.41. The summed E-state index contributed by atoms with van der Waals surface area (Å²) in [4.78, 5) is 10.3. The fourth-order valence-corrected chi connectivity index (χ4v) is 0.335. The molecule has 0 saturated heterocycles. The normalized spacial score (nSPS) is 8.62. The number of Topliss-reactive ketones (excluding diaryl/α,β-unsaturated/α-hetero) is 1. The van der Waals surface area contributed by atoms with Gasteiger partial charge in [-0.15, -0.1) is 0 Å². The fraction of sp³-hybridized carbons (Fsp3) is 0.600. The Hall–Kier alpha value is -0.700. The van der Waals surface area contributed by atoms with Crippen molar-refractivity contribution < 1.29 is 4.79 Å². The Bertz CT molecular complexity index is 90.4. The Labute approximate surface area is 48.4 Å². The van der Waals surface area contributed by atoms with Crippen LogP contribution in [0.2, 0.25) is 0 Å². The second-order valence-electron chi connectivity index (χ2n) is 1.49. The molecular weight excluding hydrogens is 104 g/mol. The highest BCUT2D eigenvalue weighted by Crippen LogP contribution is 1.83. The molecule has 0 amide bonds. The largest absolute Gasteiger partial charge is 0.324 e. The molecule has 0 bridgehead atoms. The molecule has 0 aliphatic rings. The highest BCUT2D eigenvalue weighted by atomic mass is 16.1. The molecule has 0 aromatic rings. The van der Waals surface area contributed by atoms with Crippen LogP contribution in [-0.4, -0.2) is 18.5 Å². The minimum absolute atomic E-state index is 0.0218. The zero-order valence-electron chi connectivity index (χ0n) is 4.68. The number of hydrogen-bond donors (Lipinski definition) is 2. The highest BCUT2D eigenvalue weighted by Gasteiger charge is 1.93. The zero-order valence-corrected chi connectivity index (χ0v) is 4.68. The molecule has 0 unspecified atom stereocenters. The van der Waals surface area contributed by atoms with Crippen LogP contribution >= 0.6 is 0 Å². The van der Waals surface area contributed by atoms with E-state index < -0.39 is 0 Å². The summed E-state index contributed by atoms with van der Waals surface area (Å²) in [5.74, 6) is 0.0218. The van der Waals surface area contributed by atoms with Crippen LogP contribution in [0.25, 0.3) is 0 Å². The Morgan fingerprint density at radius 3 is 2.75 bits per heavy atom. The maximum absolute atomic E-state index is 10.3. The topological polar surface area (TPSA) is 66.9 Å². The average molecular weight is 114 g/mol. The third-order valence-electron chi connectivity index (χ3n) is 0.795. The lowest BCUT2D eigenvalue weighted by Gasteiger charge is -1.88. The maximum atomic E-state index is 10.3. The van der Waals surface area contributed by atoms with Gasteiger partial charge in [0.05, 0.1) is 6.54 Å². The van der Waals surface area contributed by atoms with E-state index in [1.165, 1.54) is 6.21 Å². The van der Waals surface area contributed by atoms with Gasteiger partial charge in [-0.25, -0.2) is 0 Å². The summed E-state index contributed by atoms with van der Waals surface area (Å²) in [6, 6.07) is 0. The first-order chi connectivity index (χ1) is 3.81. The molecule has 0 aromatic heterocycles. The number of rotatable bonds is 4. The van der Waals surface area contributed by atoms with Gasteiger partial charge in [-0.1, -0.05) is 0 Å². The minimum atomic E-state index is 0.0218. The summed E-state index contributed by atoms with van der Waals surface area (Å²) >= 11 is 0. The minimum Gasteiger partial charge on any atom is -0.324 e. The van der Waals surface area contributed by atoms with E-state index in [9.17, 15) is 4.79 Å². The van der Waals surface area contributed by atoms with Gasteiger partial charge in [-0.05, 0) is 12.6 Å². The summed E-state index contributed by atoms with van der Waals surface area (Å²) in [6.07, 6.45) is 2.16. The lowest BCUT2D eigenvalue weighted by atomic mass is 10.2. The molecule has 0 aliphatic heterocycles. The summed E-state index contributed by atoms with van der Waals surface area (Å²) in [7, 11) is 0. The summed E-state index contributed by atoms with van der Waals surface area (Å²) < 4.78 is 0. The molecule has 8 heavy (non-hydrogen) atoms. The lowest BCUT2D eigenvalue weighted by molar-refractivity contribution is -0.117.